The molecule has 264 valence electrons. The molecule has 1 fully saturated rings. The van der Waals surface area contributed by atoms with E-state index in [1.165, 1.54) is 37.3 Å². The molecule has 2 aliphatic rings. The summed E-state index contributed by atoms with van der Waals surface area (Å²) in [6, 6.07) is 6.75. The van der Waals surface area contributed by atoms with Crippen LogP contribution in [0.3, 0.4) is 0 Å². The molecule has 0 saturated carbocycles. The van der Waals surface area contributed by atoms with Gasteiger partial charge in [0, 0.05) is 66.2 Å². The second kappa shape index (κ2) is 12.6. The molecule has 1 atom stereocenters. The van der Waals surface area contributed by atoms with E-state index in [9.17, 15) is 49.9 Å². The molecule has 0 radical (unpaired) electrons. The number of fused-ring (bicyclic) bond motifs is 4. The van der Waals surface area contributed by atoms with Gasteiger partial charge in [0.15, 0.2) is 10.9 Å². The molecule has 2 N–H and O–H groups in total. The summed E-state index contributed by atoms with van der Waals surface area (Å²) in [5.41, 5.74) is 0.583. The van der Waals surface area contributed by atoms with Gasteiger partial charge in [0.1, 0.15) is 4.75 Å². The van der Waals surface area contributed by atoms with Crippen LogP contribution in [-0.4, -0.2) is 62.7 Å². The Morgan fingerprint density at radius 1 is 0.840 bits per heavy atom. The fourth-order valence-corrected chi connectivity index (χ4v) is 7.71. The Bertz CT molecular complexity index is 2520. The highest BCUT2D eigenvalue weighted by Crippen LogP contribution is 2.33. The molecule has 6 rings (SSSR count). The predicted octanol–water partition coefficient (Wildman–Crippen LogP) is 3.12. The summed E-state index contributed by atoms with van der Waals surface area (Å²) in [6.45, 7) is 3.67. The predicted molar refractivity (Wildman–Crippen MR) is 181 cm³/mol. The van der Waals surface area contributed by atoms with E-state index in [0.29, 0.717) is 53.1 Å². The van der Waals surface area contributed by atoms with Crippen molar-refractivity contribution >= 4 is 76.8 Å². The average molecular weight is 728 g/mol. The Kier molecular flexibility index (Phi) is 8.82. The molecule has 15 nitrogen and oxygen atoms in total. The zero-order valence-corrected chi connectivity index (χ0v) is 28.7. The summed E-state index contributed by atoms with van der Waals surface area (Å²) in [5, 5.41) is 0.873. The molecule has 1 saturated heterocycles. The number of aryl methyl sites for hydroxylation is 2. The summed E-state index contributed by atoms with van der Waals surface area (Å²) in [4.78, 5) is 68.3. The number of imide groups is 1. The smallest absolute Gasteiger partial charge is 0.333 e. The second-order valence-corrected chi connectivity index (χ2v) is 15.9. The summed E-state index contributed by atoms with van der Waals surface area (Å²) in [6.07, 6.45) is 3.54. The van der Waals surface area contributed by atoms with Crippen molar-refractivity contribution in [2.75, 3.05) is 0 Å². The quantitative estimate of drug-likeness (QED) is 0.104. The standard InChI is InChI=1S/C33H33N3O12S2/c1-3-34-24-9-8-19(49(42,43)44)15-20(24)31(40)21-17-27-22(16-26(21)34)32(41)23-18-33(2,50(45,46)47)13-12-25(23)35(27)14-6-4-5-7-30(39)48-36-28(37)10-11-29(36)38/h8-9,12-13,15-17H,3-7,10-11,14,18H2,1-2H3,(H,42,43,44)(H,45,46,47). The van der Waals surface area contributed by atoms with E-state index in [-0.39, 0.29) is 54.0 Å². The minimum absolute atomic E-state index is 0.0228. The molecule has 50 heavy (non-hydrogen) atoms. The van der Waals surface area contributed by atoms with Gasteiger partial charge < -0.3 is 14.0 Å². The Labute approximate surface area is 285 Å². The Morgan fingerprint density at radius 2 is 1.46 bits per heavy atom. The van der Waals surface area contributed by atoms with Gasteiger partial charge in [-0.2, -0.15) is 16.8 Å². The molecule has 0 spiro atoms. The molecule has 1 aliphatic carbocycles. The van der Waals surface area contributed by atoms with Crippen molar-refractivity contribution in [3.05, 3.63) is 68.1 Å². The highest BCUT2D eigenvalue weighted by atomic mass is 32.2. The molecule has 1 aliphatic heterocycles. The number of aromatic nitrogens is 2. The van der Waals surface area contributed by atoms with E-state index in [4.69, 9.17) is 4.84 Å². The number of hydrogen-bond acceptors (Lipinski definition) is 10. The second-order valence-electron chi connectivity index (χ2n) is 12.6. The molecular weight excluding hydrogens is 695 g/mol. The third-order valence-electron chi connectivity index (χ3n) is 9.35. The van der Waals surface area contributed by atoms with Crippen LogP contribution in [0.4, 0.5) is 0 Å². The number of carbonyl (C=O) groups excluding carboxylic acids is 3. The molecule has 1 unspecified atom stereocenters. The van der Waals surface area contributed by atoms with Crippen molar-refractivity contribution < 1.29 is 45.2 Å². The van der Waals surface area contributed by atoms with Crippen molar-refractivity contribution in [1.29, 1.82) is 0 Å². The van der Waals surface area contributed by atoms with Crippen LogP contribution in [-0.2, 0) is 59.0 Å². The molecule has 17 heteroatoms. The van der Waals surface area contributed by atoms with Gasteiger partial charge in [-0.15, -0.1) is 5.06 Å². The Balaban J connectivity index is 1.44. The third-order valence-corrected chi connectivity index (χ3v) is 11.7. The zero-order chi connectivity index (χ0) is 36.3. The highest BCUT2D eigenvalue weighted by Gasteiger charge is 2.40. The minimum Gasteiger partial charge on any atom is -0.341 e. The van der Waals surface area contributed by atoms with E-state index in [0.717, 1.165) is 6.07 Å². The van der Waals surface area contributed by atoms with Crippen LogP contribution in [0.25, 0.3) is 38.8 Å². The van der Waals surface area contributed by atoms with E-state index in [1.54, 1.807) is 22.1 Å². The Hall–Kier alpha value is -4.71. The summed E-state index contributed by atoms with van der Waals surface area (Å²) < 4.78 is 69.9. The summed E-state index contributed by atoms with van der Waals surface area (Å²) in [5.74, 6) is -1.90. The normalized spacial score (nSPS) is 18.0. The SMILES string of the molecule is CCn1c2ccc(S(=O)(=O)O)cc2c(=O)c2cc3c(cc21)c(=O)c1c(n3CCCCCC(=O)ON2C(=O)CCC2=O)C=CC(C)(S(=O)(=O)O)C1. The minimum atomic E-state index is -4.62. The summed E-state index contributed by atoms with van der Waals surface area (Å²) in [7, 11) is -9.23. The first-order valence-corrected chi connectivity index (χ1v) is 18.7. The first-order valence-electron chi connectivity index (χ1n) is 15.8. The number of unbranched alkanes of at least 4 members (excludes halogenated alkanes) is 2. The number of amides is 2. The highest BCUT2D eigenvalue weighted by molar-refractivity contribution is 7.87. The van der Waals surface area contributed by atoms with Gasteiger partial charge in [-0.1, -0.05) is 12.5 Å². The fourth-order valence-electron chi connectivity index (χ4n) is 6.63. The van der Waals surface area contributed by atoms with Crippen molar-refractivity contribution in [3.8, 4) is 0 Å². The molecule has 2 aromatic heterocycles. The van der Waals surface area contributed by atoms with Crippen LogP contribution >= 0.6 is 0 Å². The number of hydroxylamine groups is 2. The van der Waals surface area contributed by atoms with Crippen LogP contribution in [0.15, 0.2) is 50.9 Å². The van der Waals surface area contributed by atoms with Crippen molar-refractivity contribution in [2.24, 2.45) is 0 Å². The van der Waals surface area contributed by atoms with Crippen LogP contribution in [0.2, 0.25) is 0 Å². The third kappa shape index (κ3) is 6.03. The first-order chi connectivity index (χ1) is 23.4. The topological polar surface area (TPSA) is 216 Å². The van der Waals surface area contributed by atoms with Gasteiger partial charge in [-0.25, -0.2) is 4.79 Å². The fraction of sp³-hybridized carbons (Fsp3) is 0.364. The van der Waals surface area contributed by atoms with Gasteiger partial charge in [0.05, 0.1) is 21.4 Å². The summed E-state index contributed by atoms with van der Waals surface area (Å²) >= 11 is 0. The number of carbonyl (C=O) groups is 3. The van der Waals surface area contributed by atoms with E-state index in [2.05, 4.69) is 0 Å². The maximum Gasteiger partial charge on any atom is 0.333 e. The van der Waals surface area contributed by atoms with Crippen LogP contribution in [0.1, 0.15) is 63.6 Å². The molecule has 3 heterocycles. The lowest BCUT2D eigenvalue weighted by Crippen LogP contribution is -2.39. The van der Waals surface area contributed by atoms with Crippen LogP contribution < -0.4 is 10.9 Å². The van der Waals surface area contributed by atoms with Gasteiger partial charge >= 0.3 is 5.97 Å². The maximum absolute atomic E-state index is 14.1. The largest absolute Gasteiger partial charge is 0.341 e. The lowest BCUT2D eigenvalue weighted by molar-refractivity contribution is -0.197. The Morgan fingerprint density at radius 3 is 2.08 bits per heavy atom. The number of rotatable bonds is 10. The number of hydrogen-bond donors (Lipinski definition) is 2. The molecule has 0 bridgehead atoms. The number of nitrogens with zero attached hydrogens (tertiary/aromatic N) is 3. The average Bonchev–Trinajstić information content (AvgIpc) is 3.37. The number of pyridine rings is 2. The van der Waals surface area contributed by atoms with E-state index >= 15 is 0 Å². The molecule has 2 aromatic carbocycles. The van der Waals surface area contributed by atoms with Crippen molar-refractivity contribution in [3.63, 3.8) is 0 Å². The monoisotopic (exact) mass is 727 g/mol. The van der Waals surface area contributed by atoms with E-state index < -0.39 is 58.5 Å². The van der Waals surface area contributed by atoms with Gasteiger partial charge in [0.25, 0.3) is 32.1 Å². The molecular formula is C33H33N3O12S2. The van der Waals surface area contributed by atoms with Crippen LogP contribution in [0.5, 0.6) is 0 Å². The van der Waals surface area contributed by atoms with Gasteiger partial charge in [-0.05, 0) is 63.1 Å². The lowest BCUT2D eigenvalue weighted by atomic mass is 9.90. The molecule has 2 amide bonds. The number of benzene rings is 2. The van der Waals surface area contributed by atoms with E-state index in [1.807, 2.05) is 0 Å². The lowest BCUT2D eigenvalue weighted by Gasteiger charge is -2.29. The molecule has 4 aromatic rings. The van der Waals surface area contributed by atoms with Crippen molar-refractivity contribution in [2.45, 2.75) is 81.5 Å². The van der Waals surface area contributed by atoms with Crippen molar-refractivity contribution in [1.82, 2.24) is 14.2 Å². The maximum atomic E-state index is 14.1. The first kappa shape index (κ1) is 35.1. The van der Waals surface area contributed by atoms with Gasteiger partial charge in [0.2, 0.25) is 0 Å². The van der Waals surface area contributed by atoms with Gasteiger partial charge in [-0.3, -0.25) is 28.3 Å². The zero-order valence-electron chi connectivity index (χ0n) is 27.0. The van der Waals surface area contributed by atoms with Crippen LogP contribution in [0, 0.1) is 0 Å².